The standard InChI is InChI=1S/C29H30F3N3O3/c1-28(2,27(36)37)38-24-18-12-20(13-19-24)8-7-11-25-33-26(21-14-16-22(17-15-21)29(30,31)32)34-35(25)23-9-5-3-4-6-10-23/h3-4,9,12-19H,5-8,10-11H2,1-2H3,(H,36,37). The van der Waals surface area contributed by atoms with Gasteiger partial charge >= 0.3 is 12.1 Å². The molecule has 1 aliphatic rings. The maximum absolute atomic E-state index is 13.0. The van der Waals surface area contributed by atoms with Gasteiger partial charge in [0.2, 0.25) is 0 Å². The van der Waals surface area contributed by atoms with Crippen LogP contribution in [0.2, 0.25) is 0 Å². The van der Waals surface area contributed by atoms with Crippen LogP contribution in [0.3, 0.4) is 0 Å². The number of carbonyl (C=O) groups is 1. The lowest BCUT2D eigenvalue weighted by Crippen LogP contribution is -2.37. The van der Waals surface area contributed by atoms with E-state index in [4.69, 9.17) is 9.72 Å². The number of carboxylic acids is 1. The third-order valence-corrected chi connectivity index (χ3v) is 6.32. The first kappa shape index (κ1) is 27.2. The van der Waals surface area contributed by atoms with E-state index in [9.17, 15) is 23.1 Å². The predicted octanol–water partition coefficient (Wildman–Crippen LogP) is 6.96. The van der Waals surface area contributed by atoms with Gasteiger partial charge in [-0.05, 0) is 75.8 Å². The Balaban J connectivity index is 1.49. The Kier molecular flexibility index (Phi) is 8.04. The van der Waals surface area contributed by atoms with Crippen molar-refractivity contribution >= 4 is 11.7 Å². The molecule has 6 nitrogen and oxygen atoms in total. The van der Waals surface area contributed by atoms with E-state index in [0.29, 0.717) is 23.6 Å². The fourth-order valence-corrected chi connectivity index (χ4v) is 4.12. The summed E-state index contributed by atoms with van der Waals surface area (Å²) in [5, 5.41) is 13.9. The highest BCUT2D eigenvalue weighted by atomic mass is 19.4. The number of nitrogens with zero attached hydrogens (tertiary/aromatic N) is 3. The molecule has 0 saturated carbocycles. The number of aryl methyl sites for hydroxylation is 2. The van der Waals surface area contributed by atoms with Crippen LogP contribution in [-0.4, -0.2) is 31.4 Å². The summed E-state index contributed by atoms with van der Waals surface area (Å²) < 4.78 is 46.4. The molecule has 0 fully saturated rings. The van der Waals surface area contributed by atoms with E-state index in [-0.39, 0.29) is 0 Å². The molecule has 1 N–H and O–H groups in total. The second-order valence-electron chi connectivity index (χ2n) is 9.69. The molecule has 9 heteroatoms. The Morgan fingerprint density at radius 2 is 1.74 bits per heavy atom. The van der Waals surface area contributed by atoms with Crippen molar-refractivity contribution in [1.82, 2.24) is 14.8 Å². The fourth-order valence-electron chi connectivity index (χ4n) is 4.12. The van der Waals surface area contributed by atoms with E-state index in [0.717, 1.165) is 61.3 Å². The van der Waals surface area contributed by atoms with E-state index in [1.807, 2.05) is 16.8 Å². The largest absolute Gasteiger partial charge is 0.478 e. The molecule has 0 aliphatic heterocycles. The number of halogens is 3. The van der Waals surface area contributed by atoms with E-state index in [2.05, 4.69) is 23.3 Å². The zero-order valence-corrected chi connectivity index (χ0v) is 21.3. The Labute approximate surface area is 219 Å². The monoisotopic (exact) mass is 525 g/mol. The predicted molar refractivity (Wildman–Crippen MR) is 139 cm³/mol. The molecule has 0 radical (unpaired) electrons. The molecular formula is C29H30F3N3O3. The minimum atomic E-state index is -4.40. The number of hydrogen-bond donors (Lipinski definition) is 1. The van der Waals surface area contributed by atoms with E-state index >= 15 is 0 Å². The van der Waals surface area contributed by atoms with Gasteiger partial charge in [-0.3, -0.25) is 0 Å². The highest BCUT2D eigenvalue weighted by Crippen LogP contribution is 2.31. The lowest BCUT2D eigenvalue weighted by atomic mass is 10.1. The molecule has 0 atom stereocenters. The summed E-state index contributed by atoms with van der Waals surface area (Å²) in [6.45, 7) is 3.00. The van der Waals surface area contributed by atoms with Crippen molar-refractivity contribution in [3.8, 4) is 17.1 Å². The van der Waals surface area contributed by atoms with Crippen LogP contribution in [0.15, 0.2) is 66.8 Å². The van der Waals surface area contributed by atoms with Crippen molar-refractivity contribution in [3.63, 3.8) is 0 Å². The van der Waals surface area contributed by atoms with Gasteiger partial charge in [-0.25, -0.2) is 14.5 Å². The van der Waals surface area contributed by atoms with Gasteiger partial charge in [0, 0.05) is 17.7 Å². The average molecular weight is 526 g/mol. The first-order chi connectivity index (χ1) is 18.0. The van der Waals surface area contributed by atoms with Crippen LogP contribution >= 0.6 is 0 Å². The maximum Gasteiger partial charge on any atom is 0.416 e. The number of benzene rings is 2. The molecule has 4 rings (SSSR count). The lowest BCUT2D eigenvalue weighted by molar-refractivity contribution is -0.152. The number of allylic oxidation sites excluding steroid dienone is 4. The van der Waals surface area contributed by atoms with Gasteiger partial charge in [0.15, 0.2) is 11.4 Å². The number of aromatic nitrogens is 3. The van der Waals surface area contributed by atoms with Gasteiger partial charge in [0.25, 0.3) is 0 Å². The Morgan fingerprint density at radius 1 is 1.03 bits per heavy atom. The third kappa shape index (κ3) is 6.70. The lowest BCUT2D eigenvalue weighted by Gasteiger charge is -2.21. The van der Waals surface area contributed by atoms with Crippen LogP contribution in [0.25, 0.3) is 17.1 Å². The zero-order chi connectivity index (χ0) is 27.3. The minimum Gasteiger partial charge on any atom is -0.478 e. The summed E-state index contributed by atoms with van der Waals surface area (Å²) in [6, 6.07) is 12.2. The topological polar surface area (TPSA) is 77.2 Å². The maximum atomic E-state index is 13.0. The van der Waals surface area contributed by atoms with Crippen LogP contribution in [0.5, 0.6) is 5.75 Å². The number of rotatable bonds is 9. The SMILES string of the molecule is CC(C)(Oc1ccc(CCCc2nc(-c3ccc(C(F)(F)F)cc3)nn2C2=CCC=CCC2)cc1)C(=O)O. The van der Waals surface area contributed by atoms with Gasteiger partial charge in [0.1, 0.15) is 11.6 Å². The normalized spacial score (nSPS) is 14.2. The molecular weight excluding hydrogens is 495 g/mol. The second kappa shape index (κ2) is 11.2. The van der Waals surface area contributed by atoms with Gasteiger partial charge in [-0.15, -0.1) is 5.10 Å². The number of hydrogen-bond acceptors (Lipinski definition) is 4. The van der Waals surface area contributed by atoms with Gasteiger partial charge < -0.3 is 9.84 Å². The highest BCUT2D eigenvalue weighted by Gasteiger charge is 2.30. The summed E-state index contributed by atoms with van der Waals surface area (Å²) in [4.78, 5) is 16.0. The van der Waals surface area contributed by atoms with Crippen LogP contribution in [0.1, 0.15) is 56.5 Å². The number of ether oxygens (including phenoxy) is 1. The Hall–Kier alpha value is -3.88. The van der Waals surface area contributed by atoms with E-state index in [1.54, 1.807) is 12.1 Å². The molecule has 0 bridgehead atoms. The van der Waals surface area contributed by atoms with Crippen molar-refractivity contribution in [2.45, 2.75) is 64.1 Å². The van der Waals surface area contributed by atoms with E-state index < -0.39 is 23.3 Å². The smallest absolute Gasteiger partial charge is 0.416 e. The summed E-state index contributed by atoms with van der Waals surface area (Å²) in [7, 11) is 0. The van der Waals surface area contributed by atoms with Crippen LogP contribution in [-0.2, 0) is 23.8 Å². The quantitative estimate of drug-likeness (QED) is 0.306. The van der Waals surface area contributed by atoms with Gasteiger partial charge in [0.05, 0.1) is 5.56 Å². The Bertz CT molecular complexity index is 1320. The van der Waals surface area contributed by atoms with Crippen LogP contribution in [0, 0.1) is 0 Å². The minimum absolute atomic E-state index is 0.398. The molecule has 2 aromatic carbocycles. The van der Waals surface area contributed by atoms with Crippen molar-refractivity contribution in [2.24, 2.45) is 0 Å². The fraction of sp³-hybridized carbons (Fsp3) is 0.345. The first-order valence-corrected chi connectivity index (χ1v) is 12.5. The van der Waals surface area contributed by atoms with Gasteiger partial charge in [-0.1, -0.05) is 42.5 Å². The number of carboxylic acid groups (broad SMARTS) is 1. The summed E-state index contributed by atoms with van der Waals surface area (Å²) in [6.07, 6.45) is 6.57. The summed E-state index contributed by atoms with van der Waals surface area (Å²) in [5.74, 6) is 0.600. The third-order valence-electron chi connectivity index (χ3n) is 6.32. The molecule has 0 saturated heterocycles. The molecule has 38 heavy (non-hydrogen) atoms. The molecule has 1 aromatic heterocycles. The van der Waals surface area contributed by atoms with Crippen molar-refractivity contribution in [3.05, 3.63) is 83.7 Å². The molecule has 1 heterocycles. The molecule has 0 spiro atoms. The van der Waals surface area contributed by atoms with Crippen LogP contribution < -0.4 is 4.74 Å². The highest BCUT2D eigenvalue weighted by molar-refractivity contribution is 5.76. The first-order valence-electron chi connectivity index (χ1n) is 12.5. The molecule has 3 aromatic rings. The molecule has 0 unspecified atom stereocenters. The number of aliphatic carboxylic acids is 1. The van der Waals surface area contributed by atoms with E-state index in [1.165, 1.54) is 26.0 Å². The van der Waals surface area contributed by atoms with Crippen LogP contribution in [0.4, 0.5) is 13.2 Å². The second-order valence-corrected chi connectivity index (χ2v) is 9.69. The zero-order valence-electron chi connectivity index (χ0n) is 21.3. The van der Waals surface area contributed by atoms with Crippen molar-refractivity contribution in [2.75, 3.05) is 0 Å². The summed E-state index contributed by atoms with van der Waals surface area (Å²) in [5.41, 5.74) is 0.598. The average Bonchev–Trinajstić information content (AvgIpc) is 3.10. The Morgan fingerprint density at radius 3 is 2.39 bits per heavy atom. The van der Waals surface area contributed by atoms with Gasteiger partial charge in [-0.2, -0.15) is 13.2 Å². The molecule has 1 aliphatic carbocycles. The summed E-state index contributed by atoms with van der Waals surface area (Å²) >= 11 is 0. The van der Waals surface area contributed by atoms with Crippen molar-refractivity contribution in [1.29, 1.82) is 0 Å². The molecule has 200 valence electrons. The molecule has 0 amide bonds. The van der Waals surface area contributed by atoms with Crippen molar-refractivity contribution < 1.29 is 27.8 Å². The number of alkyl halides is 3.